The molecule has 0 fully saturated rings. The Hall–Kier alpha value is -1.51. The molecule has 0 aliphatic rings. The summed E-state index contributed by atoms with van der Waals surface area (Å²) in [4.78, 5) is 0. The summed E-state index contributed by atoms with van der Waals surface area (Å²) in [5.41, 5.74) is 0.646. The van der Waals surface area contributed by atoms with Gasteiger partial charge in [-0.15, -0.1) is 0 Å². The van der Waals surface area contributed by atoms with E-state index in [1.165, 1.54) is 4.74 Å². The van der Waals surface area contributed by atoms with E-state index < -0.39 is 0 Å². The third-order valence-corrected chi connectivity index (χ3v) is 2.07. The molecular weight excluding hydrogens is 190 g/mol. The van der Waals surface area contributed by atoms with Gasteiger partial charge in [0.1, 0.15) is 5.75 Å². The molecular formula is C12H18NO2+. The Kier molecular flexibility index (Phi) is 3.35. The Morgan fingerprint density at radius 3 is 2.13 bits per heavy atom. The average molecular weight is 208 g/mol. The summed E-state index contributed by atoms with van der Waals surface area (Å²) in [6.45, 7) is 5.81. The highest BCUT2D eigenvalue weighted by atomic mass is 16.5. The van der Waals surface area contributed by atoms with Crippen molar-refractivity contribution in [1.29, 1.82) is 0 Å². The third kappa shape index (κ3) is 3.27. The zero-order valence-electron chi connectivity index (χ0n) is 9.69. The molecule has 3 nitrogen and oxygen atoms in total. The Bertz CT molecular complexity index is 347. The minimum atomic E-state index is -0.292. The van der Waals surface area contributed by atoms with Crippen LogP contribution in [0.4, 0.5) is 0 Å². The fourth-order valence-corrected chi connectivity index (χ4v) is 1.02. The molecule has 0 saturated heterocycles. The maximum Gasteiger partial charge on any atom is 0.223 e. The Morgan fingerprint density at radius 1 is 1.20 bits per heavy atom. The van der Waals surface area contributed by atoms with Crippen molar-refractivity contribution < 1.29 is 14.7 Å². The average Bonchev–Trinajstić information content (AvgIpc) is 2.17. The predicted molar refractivity (Wildman–Crippen MR) is 60.0 cm³/mol. The lowest BCUT2D eigenvalue weighted by Gasteiger charge is -2.09. The standard InChI is InChI=1S/C12H18NO2/c1-12(2,3)13(14)9-10-5-7-11(15-4)8-6-10/h5-9,14H,1-4H3/q+1/b13-9-. The first-order valence-electron chi connectivity index (χ1n) is 4.90. The molecule has 0 unspecified atom stereocenters. The van der Waals surface area contributed by atoms with Crippen molar-refractivity contribution in [3.05, 3.63) is 29.8 Å². The molecule has 3 heteroatoms. The van der Waals surface area contributed by atoms with Gasteiger partial charge in [-0.05, 0) is 29.0 Å². The van der Waals surface area contributed by atoms with Gasteiger partial charge in [-0.2, -0.15) is 0 Å². The summed E-state index contributed by atoms with van der Waals surface area (Å²) in [5, 5.41) is 9.71. The molecule has 0 aliphatic carbocycles. The van der Waals surface area contributed by atoms with Gasteiger partial charge in [0.25, 0.3) is 0 Å². The van der Waals surface area contributed by atoms with Gasteiger partial charge in [0.15, 0.2) is 0 Å². The minimum absolute atomic E-state index is 0.292. The van der Waals surface area contributed by atoms with Crippen molar-refractivity contribution in [2.75, 3.05) is 7.11 Å². The number of hydrogen-bond donors (Lipinski definition) is 1. The van der Waals surface area contributed by atoms with Gasteiger partial charge in [0, 0.05) is 26.3 Å². The minimum Gasteiger partial charge on any atom is -0.497 e. The van der Waals surface area contributed by atoms with Crippen LogP contribution >= 0.6 is 0 Å². The highest BCUT2D eigenvalue weighted by Gasteiger charge is 2.23. The van der Waals surface area contributed by atoms with E-state index in [9.17, 15) is 5.21 Å². The molecule has 1 rings (SSSR count). The number of rotatable bonds is 2. The Morgan fingerprint density at radius 2 is 1.73 bits per heavy atom. The second-order valence-corrected chi connectivity index (χ2v) is 4.42. The largest absolute Gasteiger partial charge is 0.497 e. The van der Waals surface area contributed by atoms with E-state index in [1.54, 1.807) is 13.3 Å². The molecule has 0 saturated carbocycles. The van der Waals surface area contributed by atoms with Crippen LogP contribution in [0.5, 0.6) is 5.75 Å². The third-order valence-electron chi connectivity index (χ3n) is 2.07. The molecule has 82 valence electrons. The van der Waals surface area contributed by atoms with Gasteiger partial charge in [0.05, 0.1) is 7.11 Å². The van der Waals surface area contributed by atoms with Gasteiger partial charge in [-0.1, -0.05) is 0 Å². The number of benzene rings is 1. The van der Waals surface area contributed by atoms with Crippen LogP contribution in [0.15, 0.2) is 24.3 Å². The number of hydrogen-bond acceptors (Lipinski definition) is 2. The van der Waals surface area contributed by atoms with E-state index in [1.807, 2.05) is 45.0 Å². The molecule has 0 heterocycles. The molecule has 0 atom stereocenters. The van der Waals surface area contributed by atoms with Gasteiger partial charge in [-0.25, -0.2) is 0 Å². The van der Waals surface area contributed by atoms with Crippen molar-refractivity contribution in [3.8, 4) is 5.75 Å². The van der Waals surface area contributed by atoms with E-state index in [0.29, 0.717) is 0 Å². The predicted octanol–water partition coefficient (Wildman–Crippen LogP) is 2.31. The summed E-state index contributed by atoms with van der Waals surface area (Å²) in [6, 6.07) is 7.52. The van der Waals surface area contributed by atoms with Crippen LogP contribution in [0.25, 0.3) is 0 Å². The quantitative estimate of drug-likeness (QED) is 0.350. The first-order chi connectivity index (χ1) is 6.93. The lowest BCUT2D eigenvalue weighted by atomic mass is 10.1. The summed E-state index contributed by atoms with van der Waals surface area (Å²) < 4.78 is 6.25. The molecule has 15 heavy (non-hydrogen) atoms. The fourth-order valence-electron chi connectivity index (χ4n) is 1.02. The number of methoxy groups -OCH3 is 1. The van der Waals surface area contributed by atoms with Gasteiger partial charge < -0.3 is 4.74 Å². The molecule has 0 spiro atoms. The van der Waals surface area contributed by atoms with Gasteiger partial charge in [-0.3, -0.25) is 5.21 Å². The first kappa shape index (κ1) is 11.6. The summed E-state index contributed by atoms with van der Waals surface area (Å²) >= 11 is 0. The SMILES string of the molecule is COc1ccc(/C=[N+](\O)C(C)(C)C)cc1. The van der Waals surface area contributed by atoms with Gasteiger partial charge in [0.2, 0.25) is 11.8 Å². The molecule has 0 radical (unpaired) electrons. The summed E-state index contributed by atoms with van der Waals surface area (Å²) in [5.74, 6) is 0.812. The number of hydroxylamine groups is 1. The van der Waals surface area contributed by atoms with E-state index in [-0.39, 0.29) is 5.54 Å². The van der Waals surface area contributed by atoms with E-state index in [0.717, 1.165) is 11.3 Å². The summed E-state index contributed by atoms with van der Waals surface area (Å²) in [7, 11) is 1.63. The number of ether oxygens (including phenoxy) is 1. The zero-order chi connectivity index (χ0) is 11.5. The molecule has 0 aromatic heterocycles. The highest BCUT2D eigenvalue weighted by molar-refractivity contribution is 5.75. The molecule has 1 aromatic carbocycles. The van der Waals surface area contributed by atoms with Crippen LogP contribution in [-0.2, 0) is 0 Å². The second-order valence-electron chi connectivity index (χ2n) is 4.42. The summed E-state index contributed by atoms with van der Waals surface area (Å²) in [6.07, 6.45) is 1.69. The first-order valence-corrected chi connectivity index (χ1v) is 4.90. The monoisotopic (exact) mass is 208 g/mol. The maximum absolute atomic E-state index is 9.71. The van der Waals surface area contributed by atoms with Crippen LogP contribution in [0.1, 0.15) is 26.3 Å². The number of nitrogens with zero attached hydrogens (tertiary/aromatic N) is 1. The normalized spacial score (nSPS) is 12.7. The lowest BCUT2D eigenvalue weighted by Crippen LogP contribution is -2.31. The molecule has 1 aromatic rings. The topological polar surface area (TPSA) is 32.5 Å². The smallest absolute Gasteiger partial charge is 0.223 e. The van der Waals surface area contributed by atoms with Crippen molar-refractivity contribution in [2.24, 2.45) is 0 Å². The van der Waals surface area contributed by atoms with E-state index in [4.69, 9.17) is 4.74 Å². The van der Waals surface area contributed by atoms with Crippen molar-refractivity contribution in [1.82, 2.24) is 0 Å². The highest BCUT2D eigenvalue weighted by Crippen LogP contribution is 2.11. The molecule has 0 bridgehead atoms. The molecule has 1 N–H and O–H groups in total. The second kappa shape index (κ2) is 4.34. The van der Waals surface area contributed by atoms with E-state index >= 15 is 0 Å². The maximum atomic E-state index is 9.71. The van der Waals surface area contributed by atoms with Crippen molar-refractivity contribution >= 4 is 6.21 Å². The molecule has 0 amide bonds. The fraction of sp³-hybridized carbons (Fsp3) is 0.417. The van der Waals surface area contributed by atoms with Crippen molar-refractivity contribution in [3.63, 3.8) is 0 Å². The zero-order valence-corrected chi connectivity index (χ0v) is 9.69. The Balaban J connectivity index is 2.89. The van der Waals surface area contributed by atoms with Crippen LogP contribution < -0.4 is 4.74 Å². The van der Waals surface area contributed by atoms with Gasteiger partial charge >= 0.3 is 0 Å². The van der Waals surface area contributed by atoms with Crippen LogP contribution in [0.3, 0.4) is 0 Å². The van der Waals surface area contributed by atoms with Crippen LogP contribution in [0, 0.1) is 0 Å². The van der Waals surface area contributed by atoms with Crippen LogP contribution in [0.2, 0.25) is 0 Å². The van der Waals surface area contributed by atoms with Crippen LogP contribution in [-0.4, -0.2) is 28.8 Å². The lowest BCUT2D eigenvalue weighted by molar-refractivity contribution is -0.816. The molecule has 0 aliphatic heterocycles. The Labute approximate surface area is 90.6 Å². The van der Waals surface area contributed by atoms with Crippen molar-refractivity contribution in [2.45, 2.75) is 26.3 Å². The van der Waals surface area contributed by atoms with E-state index in [2.05, 4.69) is 0 Å².